The van der Waals surface area contributed by atoms with Crippen LogP contribution < -0.4 is 10.0 Å². The van der Waals surface area contributed by atoms with Gasteiger partial charge in [0.1, 0.15) is 11.6 Å². The van der Waals surface area contributed by atoms with E-state index in [1.807, 2.05) is 12.1 Å². The van der Waals surface area contributed by atoms with Crippen molar-refractivity contribution in [3.05, 3.63) is 58.9 Å². The Morgan fingerprint density at radius 1 is 1.03 bits per heavy atom. The third-order valence-electron chi connectivity index (χ3n) is 5.41. The van der Waals surface area contributed by atoms with Crippen molar-refractivity contribution < 1.29 is 13.9 Å². The van der Waals surface area contributed by atoms with E-state index in [1.165, 1.54) is 16.7 Å². The number of ether oxygens (including phenoxy) is 2. The van der Waals surface area contributed by atoms with Crippen molar-refractivity contribution in [3.8, 4) is 5.75 Å². The predicted octanol–water partition coefficient (Wildman–Crippen LogP) is 6.82. The molecule has 0 aliphatic rings. The largest absolute Gasteiger partial charge is 0.467 e. The summed E-state index contributed by atoms with van der Waals surface area (Å²) in [6, 6.07) is 11.6. The van der Waals surface area contributed by atoms with Crippen LogP contribution in [-0.4, -0.2) is 13.9 Å². The SMILES string of the molecule is CCCC(CC)(Pc1ccccc1F)c1cc(C)cc(C(C)(C)C)c1OCOC. The van der Waals surface area contributed by atoms with Crippen molar-refractivity contribution in [2.45, 2.75) is 71.4 Å². The molecule has 0 heterocycles. The van der Waals surface area contributed by atoms with Gasteiger partial charge in [-0.25, -0.2) is 4.39 Å². The summed E-state index contributed by atoms with van der Waals surface area (Å²) in [7, 11) is 1.97. The molecular weight excluding hydrogens is 382 g/mol. The fraction of sp³-hybridized carbons (Fsp3) is 0.520. The van der Waals surface area contributed by atoms with E-state index in [0.29, 0.717) is 8.58 Å². The summed E-state index contributed by atoms with van der Waals surface area (Å²) in [5, 5.41) is 0.616. The molecule has 0 saturated heterocycles. The lowest BCUT2D eigenvalue weighted by atomic mass is 9.80. The fourth-order valence-electron chi connectivity index (χ4n) is 3.93. The van der Waals surface area contributed by atoms with E-state index in [-0.39, 0.29) is 23.2 Å². The Balaban J connectivity index is 2.75. The minimum atomic E-state index is -0.175. The standard InChI is InChI=1S/C25H36FO2P/c1-8-14-25(9-2,29-22-13-11-10-12-21(22)26)20-16-18(3)15-19(24(4,5)6)23(20)28-17-27-7/h10-13,15-16,29H,8-9,14,17H2,1-7H3. The second-order valence-electron chi connectivity index (χ2n) is 8.78. The van der Waals surface area contributed by atoms with E-state index >= 15 is 0 Å². The third kappa shape index (κ3) is 5.58. The summed E-state index contributed by atoms with van der Waals surface area (Å²) >= 11 is 0. The van der Waals surface area contributed by atoms with Crippen molar-refractivity contribution in [1.29, 1.82) is 0 Å². The lowest BCUT2D eigenvalue weighted by Crippen LogP contribution is -2.27. The van der Waals surface area contributed by atoms with E-state index < -0.39 is 0 Å². The van der Waals surface area contributed by atoms with Gasteiger partial charge in [0, 0.05) is 28.7 Å². The van der Waals surface area contributed by atoms with Crippen LogP contribution in [0.1, 0.15) is 70.6 Å². The third-order valence-corrected chi connectivity index (χ3v) is 7.43. The Kier molecular flexibility index (Phi) is 8.26. The Morgan fingerprint density at radius 2 is 1.69 bits per heavy atom. The lowest BCUT2D eigenvalue weighted by molar-refractivity contribution is 0.0485. The quantitative estimate of drug-likeness (QED) is 0.328. The van der Waals surface area contributed by atoms with Crippen molar-refractivity contribution in [3.63, 3.8) is 0 Å². The Labute approximate surface area is 178 Å². The van der Waals surface area contributed by atoms with Crippen LogP contribution in [0.15, 0.2) is 36.4 Å². The topological polar surface area (TPSA) is 18.5 Å². The van der Waals surface area contributed by atoms with Gasteiger partial charge in [-0.05, 0) is 31.2 Å². The maximum absolute atomic E-state index is 14.6. The lowest BCUT2D eigenvalue weighted by Gasteiger charge is -2.37. The van der Waals surface area contributed by atoms with Crippen LogP contribution in [0.2, 0.25) is 0 Å². The average Bonchev–Trinajstić information content (AvgIpc) is 2.67. The maximum atomic E-state index is 14.6. The highest BCUT2D eigenvalue weighted by Gasteiger charge is 2.36. The van der Waals surface area contributed by atoms with Gasteiger partial charge < -0.3 is 9.47 Å². The molecule has 2 nitrogen and oxygen atoms in total. The van der Waals surface area contributed by atoms with E-state index in [2.05, 4.69) is 53.7 Å². The minimum absolute atomic E-state index is 0.0728. The Morgan fingerprint density at radius 3 is 2.24 bits per heavy atom. The zero-order valence-corrected chi connectivity index (χ0v) is 20.0. The van der Waals surface area contributed by atoms with E-state index in [1.54, 1.807) is 19.2 Å². The van der Waals surface area contributed by atoms with Crippen molar-refractivity contribution >= 4 is 13.9 Å². The average molecular weight is 419 g/mol. The molecule has 160 valence electrons. The zero-order valence-electron chi connectivity index (χ0n) is 19.0. The molecule has 2 unspecified atom stereocenters. The smallest absolute Gasteiger partial charge is 0.188 e. The number of hydrogen-bond acceptors (Lipinski definition) is 2. The number of methoxy groups -OCH3 is 1. The van der Waals surface area contributed by atoms with Crippen LogP contribution in [0, 0.1) is 12.7 Å². The van der Waals surface area contributed by atoms with Gasteiger partial charge >= 0.3 is 0 Å². The molecule has 2 aromatic carbocycles. The van der Waals surface area contributed by atoms with Crippen LogP contribution in [0.4, 0.5) is 4.39 Å². The van der Waals surface area contributed by atoms with Crippen molar-refractivity contribution in [1.82, 2.24) is 0 Å². The highest BCUT2D eigenvalue weighted by molar-refractivity contribution is 7.48. The summed E-state index contributed by atoms with van der Waals surface area (Å²) in [6.07, 6.45) is 2.93. The number of benzene rings is 2. The number of aryl methyl sites for hydroxylation is 1. The highest BCUT2D eigenvalue weighted by Crippen LogP contribution is 2.53. The second-order valence-corrected chi connectivity index (χ2v) is 10.5. The van der Waals surface area contributed by atoms with E-state index in [9.17, 15) is 4.39 Å². The number of rotatable bonds is 9. The number of hydrogen-bond donors (Lipinski definition) is 0. The zero-order chi connectivity index (χ0) is 21.7. The van der Waals surface area contributed by atoms with Crippen molar-refractivity contribution in [2.24, 2.45) is 0 Å². The van der Waals surface area contributed by atoms with Crippen LogP contribution in [0.3, 0.4) is 0 Å². The Bertz CT molecular complexity index is 813. The molecule has 0 amide bonds. The minimum Gasteiger partial charge on any atom is -0.467 e. The summed E-state index contributed by atoms with van der Waals surface area (Å²) in [5.41, 5.74) is 3.50. The molecule has 0 saturated carbocycles. The summed E-state index contributed by atoms with van der Waals surface area (Å²) in [6.45, 7) is 13.4. The monoisotopic (exact) mass is 418 g/mol. The molecule has 2 atom stereocenters. The normalized spacial score (nSPS) is 14.3. The van der Waals surface area contributed by atoms with E-state index in [0.717, 1.165) is 30.3 Å². The fourth-order valence-corrected chi connectivity index (χ4v) is 5.70. The first-order valence-corrected chi connectivity index (χ1v) is 11.5. The molecule has 0 aliphatic heterocycles. The van der Waals surface area contributed by atoms with Crippen LogP contribution in [0.5, 0.6) is 5.75 Å². The molecule has 2 aromatic rings. The van der Waals surface area contributed by atoms with Crippen LogP contribution in [-0.2, 0) is 15.3 Å². The molecule has 29 heavy (non-hydrogen) atoms. The molecule has 0 radical (unpaired) electrons. The van der Waals surface area contributed by atoms with Gasteiger partial charge in [0.15, 0.2) is 6.79 Å². The van der Waals surface area contributed by atoms with Gasteiger partial charge in [0.25, 0.3) is 0 Å². The van der Waals surface area contributed by atoms with Gasteiger partial charge in [0.2, 0.25) is 0 Å². The van der Waals surface area contributed by atoms with Crippen LogP contribution >= 0.6 is 8.58 Å². The van der Waals surface area contributed by atoms with Crippen molar-refractivity contribution in [2.75, 3.05) is 13.9 Å². The summed E-state index contributed by atoms with van der Waals surface area (Å²) in [5.74, 6) is 0.784. The Hall–Kier alpha value is -1.44. The molecule has 4 heteroatoms. The predicted molar refractivity (Wildman–Crippen MR) is 124 cm³/mol. The molecule has 2 rings (SSSR count). The molecule has 0 fully saturated rings. The molecular formula is C25H36FO2P. The highest BCUT2D eigenvalue weighted by atomic mass is 31.1. The molecule has 0 bridgehead atoms. The molecule has 0 aliphatic carbocycles. The van der Waals surface area contributed by atoms with Gasteiger partial charge in [-0.2, -0.15) is 0 Å². The van der Waals surface area contributed by atoms with Gasteiger partial charge in [-0.15, -0.1) is 0 Å². The van der Waals surface area contributed by atoms with Gasteiger partial charge in [-0.3, -0.25) is 0 Å². The van der Waals surface area contributed by atoms with E-state index in [4.69, 9.17) is 9.47 Å². The van der Waals surface area contributed by atoms with Gasteiger partial charge in [0.05, 0.1) is 0 Å². The molecule has 0 N–H and O–H groups in total. The molecule has 0 aromatic heterocycles. The first-order chi connectivity index (χ1) is 13.7. The first kappa shape index (κ1) is 23.8. The first-order valence-electron chi connectivity index (χ1n) is 10.5. The summed E-state index contributed by atoms with van der Waals surface area (Å²) in [4.78, 5) is 0. The summed E-state index contributed by atoms with van der Waals surface area (Å²) < 4.78 is 26.1. The second kappa shape index (κ2) is 10.0. The number of halogens is 1. The van der Waals surface area contributed by atoms with Crippen LogP contribution in [0.25, 0.3) is 0 Å². The molecule has 0 spiro atoms. The maximum Gasteiger partial charge on any atom is 0.188 e. The van der Waals surface area contributed by atoms with Gasteiger partial charge in [-0.1, -0.05) is 85.5 Å².